The summed E-state index contributed by atoms with van der Waals surface area (Å²) in [4.78, 5) is 11.8. The van der Waals surface area contributed by atoms with E-state index in [1.165, 1.54) is 25.5 Å². The van der Waals surface area contributed by atoms with Gasteiger partial charge in [-0.3, -0.25) is 5.10 Å². The minimum atomic E-state index is -0.542. The summed E-state index contributed by atoms with van der Waals surface area (Å²) >= 11 is 6.35. The quantitative estimate of drug-likeness (QED) is 0.754. The fraction of sp³-hybridized carbons (Fsp3) is 0.267. The van der Waals surface area contributed by atoms with Crippen LogP contribution in [-0.4, -0.2) is 32.9 Å². The summed E-state index contributed by atoms with van der Waals surface area (Å²) in [6, 6.07) is 4.09. The second-order valence-corrected chi connectivity index (χ2v) is 5.76. The smallest absolute Gasteiger partial charge is 0.360 e. The third kappa shape index (κ3) is 1.99. The van der Waals surface area contributed by atoms with E-state index in [-0.39, 0.29) is 5.69 Å². The van der Waals surface area contributed by atoms with Gasteiger partial charge in [-0.1, -0.05) is 11.6 Å². The lowest BCUT2D eigenvalue weighted by Gasteiger charge is -2.06. The van der Waals surface area contributed by atoms with Crippen LogP contribution in [-0.2, 0) is 4.74 Å². The molecule has 6 nitrogen and oxygen atoms in total. The molecule has 0 aromatic carbocycles. The number of nitrogens with zero attached hydrogens (tertiary/aromatic N) is 3. The molecule has 0 bridgehead atoms. The molecule has 3 aromatic rings. The van der Waals surface area contributed by atoms with Crippen molar-refractivity contribution in [3.05, 3.63) is 40.8 Å². The summed E-state index contributed by atoms with van der Waals surface area (Å²) in [5.41, 5.74) is 3.79. The fourth-order valence-corrected chi connectivity index (χ4v) is 2.86. The number of aromatic nitrogens is 4. The Labute approximate surface area is 131 Å². The lowest BCUT2D eigenvalue weighted by atomic mass is 10.1. The number of carbonyl (C=O) groups excluding carboxylic acids is 1. The van der Waals surface area contributed by atoms with Crippen LogP contribution in [0.5, 0.6) is 0 Å². The van der Waals surface area contributed by atoms with Crippen LogP contribution in [0.1, 0.15) is 34.8 Å². The number of aromatic amines is 1. The molecule has 0 radical (unpaired) electrons. The molecule has 0 saturated heterocycles. The highest BCUT2D eigenvalue weighted by Gasteiger charge is 2.27. The number of hydrogen-bond donors (Lipinski definition) is 1. The van der Waals surface area contributed by atoms with Crippen molar-refractivity contribution in [3.63, 3.8) is 0 Å². The molecule has 0 aliphatic heterocycles. The highest BCUT2D eigenvalue weighted by atomic mass is 35.5. The zero-order valence-corrected chi connectivity index (χ0v) is 12.6. The lowest BCUT2D eigenvalue weighted by Crippen LogP contribution is -2.03. The van der Waals surface area contributed by atoms with Crippen molar-refractivity contribution in [3.8, 4) is 11.3 Å². The number of ether oxygens (including phenoxy) is 1. The van der Waals surface area contributed by atoms with Gasteiger partial charge in [-0.05, 0) is 36.5 Å². The Hall–Kier alpha value is -2.34. The number of H-pyrrole nitrogens is 1. The van der Waals surface area contributed by atoms with Crippen LogP contribution in [0.4, 0.5) is 0 Å². The molecule has 1 aliphatic rings. The van der Waals surface area contributed by atoms with Gasteiger partial charge >= 0.3 is 5.97 Å². The normalized spacial score (nSPS) is 14.5. The van der Waals surface area contributed by atoms with Crippen LogP contribution < -0.4 is 0 Å². The van der Waals surface area contributed by atoms with E-state index in [9.17, 15) is 4.79 Å². The van der Waals surface area contributed by atoms with E-state index in [1.54, 1.807) is 16.9 Å². The Morgan fingerprint density at radius 1 is 1.45 bits per heavy atom. The molecule has 0 atom stereocenters. The summed E-state index contributed by atoms with van der Waals surface area (Å²) in [5, 5.41) is 11.4. The van der Waals surface area contributed by atoms with Crippen molar-refractivity contribution in [1.29, 1.82) is 0 Å². The largest absolute Gasteiger partial charge is 0.464 e. The Morgan fingerprint density at radius 2 is 2.27 bits per heavy atom. The van der Waals surface area contributed by atoms with Crippen molar-refractivity contribution in [2.45, 2.75) is 18.8 Å². The van der Waals surface area contributed by atoms with Gasteiger partial charge in [0.25, 0.3) is 0 Å². The van der Waals surface area contributed by atoms with Crippen molar-refractivity contribution < 1.29 is 9.53 Å². The fourth-order valence-electron chi connectivity index (χ4n) is 2.61. The van der Waals surface area contributed by atoms with Crippen LogP contribution in [0.15, 0.2) is 24.5 Å². The maximum Gasteiger partial charge on any atom is 0.360 e. The van der Waals surface area contributed by atoms with Crippen LogP contribution >= 0.6 is 11.6 Å². The Bertz CT molecular complexity index is 865. The van der Waals surface area contributed by atoms with Crippen molar-refractivity contribution in [2.75, 3.05) is 7.11 Å². The highest BCUT2D eigenvalue weighted by molar-refractivity contribution is 6.36. The van der Waals surface area contributed by atoms with E-state index >= 15 is 0 Å². The SMILES string of the molecule is COC(=O)c1nn2c(-c3cn[nH]c3)cc(C3CC3)cc2c1Cl. The molecule has 0 spiro atoms. The first-order chi connectivity index (χ1) is 10.7. The van der Waals surface area contributed by atoms with Crippen LogP contribution in [0.3, 0.4) is 0 Å². The summed E-state index contributed by atoms with van der Waals surface area (Å²) in [6.45, 7) is 0. The number of esters is 1. The second kappa shape index (κ2) is 4.84. The molecule has 0 amide bonds. The van der Waals surface area contributed by atoms with E-state index in [0.717, 1.165) is 11.3 Å². The van der Waals surface area contributed by atoms with E-state index in [1.807, 2.05) is 6.07 Å². The maximum absolute atomic E-state index is 11.8. The minimum Gasteiger partial charge on any atom is -0.464 e. The van der Waals surface area contributed by atoms with Crippen LogP contribution in [0.2, 0.25) is 5.02 Å². The minimum absolute atomic E-state index is 0.127. The lowest BCUT2D eigenvalue weighted by molar-refractivity contribution is 0.0594. The molecule has 3 aromatic heterocycles. The van der Waals surface area contributed by atoms with Crippen LogP contribution in [0, 0.1) is 0 Å². The molecule has 3 heterocycles. The first-order valence-corrected chi connectivity index (χ1v) is 7.36. The molecule has 1 fully saturated rings. The Morgan fingerprint density at radius 3 is 2.91 bits per heavy atom. The molecule has 0 unspecified atom stereocenters. The van der Waals surface area contributed by atoms with Gasteiger partial charge in [0.05, 0.1) is 24.5 Å². The number of fused-ring (bicyclic) bond motifs is 1. The molecule has 7 heteroatoms. The molecular weight excluding hydrogens is 304 g/mol. The van der Waals surface area contributed by atoms with Crippen LogP contribution in [0.25, 0.3) is 16.8 Å². The first kappa shape index (κ1) is 13.3. The first-order valence-electron chi connectivity index (χ1n) is 6.98. The van der Waals surface area contributed by atoms with E-state index < -0.39 is 5.97 Å². The molecule has 1 saturated carbocycles. The maximum atomic E-state index is 11.8. The zero-order chi connectivity index (χ0) is 15.3. The Kier molecular flexibility index (Phi) is 2.94. The summed E-state index contributed by atoms with van der Waals surface area (Å²) < 4.78 is 6.42. The topological polar surface area (TPSA) is 72.3 Å². The van der Waals surface area contributed by atoms with Crippen molar-refractivity contribution >= 4 is 23.1 Å². The number of rotatable bonds is 3. The van der Waals surface area contributed by atoms with Gasteiger partial charge in [0, 0.05) is 11.8 Å². The standard InChI is InChI=1S/C15H13ClN4O2/c1-22-15(21)14-13(16)12-5-9(8-2-3-8)4-11(20(12)19-14)10-6-17-18-7-10/h4-8H,2-3H2,1H3,(H,17,18). The third-order valence-corrected chi connectivity index (χ3v) is 4.29. The van der Waals surface area contributed by atoms with Gasteiger partial charge in [-0.2, -0.15) is 10.2 Å². The number of halogens is 1. The van der Waals surface area contributed by atoms with Gasteiger partial charge in [-0.25, -0.2) is 9.31 Å². The van der Waals surface area contributed by atoms with Gasteiger partial charge in [0.2, 0.25) is 0 Å². The van der Waals surface area contributed by atoms with Crippen molar-refractivity contribution in [2.24, 2.45) is 0 Å². The molecule has 1 aliphatic carbocycles. The summed E-state index contributed by atoms with van der Waals surface area (Å²) in [7, 11) is 1.31. The van der Waals surface area contributed by atoms with Gasteiger partial charge in [0.15, 0.2) is 5.69 Å². The number of carbonyl (C=O) groups is 1. The molecule has 22 heavy (non-hydrogen) atoms. The van der Waals surface area contributed by atoms with E-state index in [2.05, 4.69) is 21.4 Å². The number of methoxy groups -OCH3 is 1. The number of nitrogens with one attached hydrogen (secondary N) is 1. The molecule has 4 rings (SSSR count). The predicted octanol–water partition coefficient (Wildman–Crippen LogP) is 3.04. The number of pyridine rings is 1. The van der Waals surface area contributed by atoms with E-state index in [4.69, 9.17) is 16.3 Å². The summed E-state index contributed by atoms with van der Waals surface area (Å²) in [6.07, 6.45) is 5.87. The number of hydrogen-bond acceptors (Lipinski definition) is 4. The Balaban J connectivity index is 2.01. The van der Waals surface area contributed by atoms with Crippen molar-refractivity contribution in [1.82, 2.24) is 19.8 Å². The summed E-state index contributed by atoms with van der Waals surface area (Å²) in [5.74, 6) is 0.0167. The highest BCUT2D eigenvalue weighted by Crippen LogP contribution is 2.42. The predicted molar refractivity (Wildman–Crippen MR) is 81.1 cm³/mol. The average Bonchev–Trinajstić information content (AvgIpc) is 3.14. The third-order valence-electron chi connectivity index (χ3n) is 3.92. The molecule has 1 N–H and O–H groups in total. The second-order valence-electron chi connectivity index (χ2n) is 5.39. The average molecular weight is 317 g/mol. The van der Waals surface area contributed by atoms with E-state index in [0.29, 0.717) is 16.5 Å². The molecular formula is C15H13ClN4O2. The zero-order valence-electron chi connectivity index (χ0n) is 11.8. The van der Waals surface area contributed by atoms with Gasteiger partial charge in [-0.15, -0.1) is 0 Å². The van der Waals surface area contributed by atoms with Gasteiger partial charge in [0.1, 0.15) is 5.02 Å². The van der Waals surface area contributed by atoms with Gasteiger partial charge < -0.3 is 4.74 Å². The monoisotopic (exact) mass is 316 g/mol. The molecule has 112 valence electrons.